The van der Waals surface area contributed by atoms with Crippen molar-refractivity contribution in [3.63, 3.8) is 0 Å². The van der Waals surface area contributed by atoms with Gasteiger partial charge in [-0.3, -0.25) is 0 Å². The van der Waals surface area contributed by atoms with Crippen molar-refractivity contribution in [3.8, 4) is 0 Å². The first-order valence-corrected chi connectivity index (χ1v) is 11.0. The summed E-state index contributed by atoms with van der Waals surface area (Å²) in [7, 11) is 0. The van der Waals surface area contributed by atoms with Gasteiger partial charge in [0.1, 0.15) is 0 Å². The summed E-state index contributed by atoms with van der Waals surface area (Å²) in [6.45, 7) is 2.18. The number of allylic oxidation sites excluding steroid dienone is 1. The highest BCUT2D eigenvalue weighted by Crippen LogP contribution is 2.40. The SMILES string of the molecule is C/C(=C\c1ccc(N(c2ccccc2)c2ccccc2)c2ccccc12)c1ccccc1. The summed E-state index contributed by atoms with van der Waals surface area (Å²) in [6, 6.07) is 44.9. The highest BCUT2D eigenvalue weighted by atomic mass is 15.1. The van der Waals surface area contributed by atoms with Gasteiger partial charge in [0.15, 0.2) is 0 Å². The first-order valence-electron chi connectivity index (χ1n) is 11.0. The maximum atomic E-state index is 2.33. The van der Waals surface area contributed by atoms with Crippen molar-refractivity contribution < 1.29 is 0 Å². The van der Waals surface area contributed by atoms with Crippen LogP contribution in [0.15, 0.2) is 127 Å². The Labute approximate surface area is 189 Å². The minimum atomic E-state index is 1.15. The summed E-state index contributed by atoms with van der Waals surface area (Å²) in [4.78, 5) is 2.33. The first kappa shape index (κ1) is 19.8. The molecule has 0 aliphatic heterocycles. The average molecular weight is 412 g/mol. The smallest absolute Gasteiger partial charge is 0.0540 e. The number of fused-ring (bicyclic) bond motifs is 1. The van der Waals surface area contributed by atoms with Crippen LogP contribution in [0.1, 0.15) is 18.1 Å². The fraction of sp³-hybridized carbons (Fsp3) is 0.0323. The second-order valence-corrected chi connectivity index (χ2v) is 7.92. The van der Waals surface area contributed by atoms with E-state index < -0.39 is 0 Å². The average Bonchev–Trinajstić information content (AvgIpc) is 2.87. The zero-order chi connectivity index (χ0) is 21.8. The summed E-state index contributed by atoms with van der Waals surface area (Å²) in [5, 5.41) is 2.48. The van der Waals surface area contributed by atoms with E-state index in [9.17, 15) is 0 Å². The normalized spacial score (nSPS) is 11.5. The predicted octanol–water partition coefficient (Wildman–Crippen LogP) is 8.87. The molecule has 0 N–H and O–H groups in total. The van der Waals surface area contributed by atoms with E-state index in [1.54, 1.807) is 0 Å². The molecule has 0 saturated heterocycles. The number of hydrogen-bond donors (Lipinski definition) is 0. The lowest BCUT2D eigenvalue weighted by atomic mass is 9.98. The fourth-order valence-electron chi connectivity index (χ4n) is 4.23. The quantitative estimate of drug-likeness (QED) is 0.261. The molecule has 5 aromatic rings. The third-order valence-electron chi connectivity index (χ3n) is 5.81. The Morgan fingerprint density at radius 1 is 0.531 bits per heavy atom. The third kappa shape index (κ3) is 3.93. The standard InChI is InChI=1S/C31H25N/c1-24(25-13-5-2-6-14-25)23-26-21-22-31(30-20-12-11-19-29(26)30)32(27-15-7-3-8-16-27)28-17-9-4-10-18-28/h2-23H,1H3/b24-23+. The van der Waals surface area contributed by atoms with Crippen LogP contribution < -0.4 is 4.90 Å². The molecule has 0 atom stereocenters. The number of para-hydroxylation sites is 2. The molecule has 5 aromatic carbocycles. The van der Waals surface area contributed by atoms with Crippen molar-refractivity contribution >= 4 is 39.5 Å². The van der Waals surface area contributed by atoms with Gasteiger partial charge < -0.3 is 4.90 Å². The molecule has 0 aromatic heterocycles. The van der Waals surface area contributed by atoms with E-state index in [0.717, 1.165) is 11.4 Å². The molecule has 0 bridgehead atoms. The van der Waals surface area contributed by atoms with E-state index in [1.807, 2.05) is 0 Å². The molecule has 0 spiro atoms. The lowest BCUT2D eigenvalue weighted by Gasteiger charge is -2.27. The zero-order valence-electron chi connectivity index (χ0n) is 18.1. The molecule has 0 unspecified atom stereocenters. The molecule has 0 aliphatic rings. The van der Waals surface area contributed by atoms with Crippen LogP contribution in [0.5, 0.6) is 0 Å². The van der Waals surface area contributed by atoms with Gasteiger partial charge in [-0.1, -0.05) is 103 Å². The van der Waals surface area contributed by atoms with Crippen LogP contribution in [0.25, 0.3) is 22.4 Å². The molecule has 0 amide bonds. The van der Waals surface area contributed by atoms with Crippen molar-refractivity contribution in [1.29, 1.82) is 0 Å². The minimum Gasteiger partial charge on any atom is -0.310 e. The lowest BCUT2D eigenvalue weighted by molar-refractivity contribution is 1.30. The lowest BCUT2D eigenvalue weighted by Crippen LogP contribution is -2.10. The highest BCUT2D eigenvalue weighted by Gasteiger charge is 2.15. The molecule has 154 valence electrons. The molecule has 5 rings (SSSR count). The largest absolute Gasteiger partial charge is 0.310 e. The number of anilines is 3. The Kier molecular flexibility index (Phi) is 5.55. The Bertz CT molecular complexity index is 1310. The van der Waals surface area contributed by atoms with Crippen LogP contribution in [0.2, 0.25) is 0 Å². The van der Waals surface area contributed by atoms with Crippen molar-refractivity contribution in [3.05, 3.63) is 139 Å². The summed E-state index contributed by atoms with van der Waals surface area (Å²) in [6.07, 6.45) is 2.29. The highest BCUT2D eigenvalue weighted by molar-refractivity contribution is 6.04. The number of rotatable bonds is 5. The Morgan fingerprint density at radius 2 is 1.03 bits per heavy atom. The molecule has 32 heavy (non-hydrogen) atoms. The number of nitrogens with zero attached hydrogens (tertiary/aromatic N) is 1. The molecule has 0 saturated carbocycles. The minimum absolute atomic E-state index is 1.15. The topological polar surface area (TPSA) is 3.24 Å². The van der Waals surface area contributed by atoms with E-state index in [0.29, 0.717) is 0 Å². The van der Waals surface area contributed by atoms with E-state index >= 15 is 0 Å². The van der Waals surface area contributed by atoms with Gasteiger partial charge in [-0.15, -0.1) is 0 Å². The van der Waals surface area contributed by atoms with Gasteiger partial charge in [0, 0.05) is 16.8 Å². The monoisotopic (exact) mass is 411 g/mol. The summed E-state index contributed by atoms with van der Waals surface area (Å²) >= 11 is 0. The predicted molar refractivity (Wildman–Crippen MR) is 139 cm³/mol. The third-order valence-corrected chi connectivity index (χ3v) is 5.81. The molecule has 1 nitrogen and oxygen atoms in total. The van der Waals surface area contributed by atoms with Crippen LogP contribution in [0.4, 0.5) is 17.1 Å². The Balaban J connectivity index is 1.69. The summed E-state index contributed by atoms with van der Waals surface area (Å²) in [5.41, 5.74) is 7.20. The van der Waals surface area contributed by atoms with Gasteiger partial charge >= 0.3 is 0 Å². The molecule has 0 radical (unpaired) electrons. The van der Waals surface area contributed by atoms with Crippen LogP contribution in [-0.4, -0.2) is 0 Å². The van der Waals surface area contributed by atoms with Crippen LogP contribution in [0.3, 0.4) is 0 Å². The maximum Gasteiger partial charge on any atom is 0.0540 e. The second kappa shape index (κ2) is 8.95. The van der Waals surface area contributed by atoms with Gasteiger partial charge in [-0.2, -0.15) is 0 Å². The van der Waals surface area contributed by atoms with E-state index in [2.05, 4.69) is 145 Å². The molecule has 1 heteroatoms. The second-order valence-electron chi connectivity index (χ2n) is 7.92. The van der Waals surface area contributed by atoms with Crippen molar-refractivity contribution in [1.82, 2.24) is 0 Å². The molecular weight excluding hydrogens is 386 g/mol. The van der Waals surface area contributed by atoms with Gasteiger partial charge in [-0.25, -0.2) is 0 Å². The number of hydrogen-bond acceptors (Lipinski definition) is 1. The van der Waals surface area contributed by atoms with Crippen LogP contribution in [0, 0.1) is 0 Å². The summed E-state index contributed by atoms with van der Waals surface area (Å²) < 4.78 is 0. The van der Waals surface area contributed by atoms with E-state index in [1.165, 1.54) is 33.2 Å². The molecule has 0 aliphatic carbocycles. The van der Waals surface area contributed by atoms with Crippen molar-refractivity contribution in [2.45, 2.75) is 6.92 Å². The molecular formula is C31H25N. The summed E-state index contributed by atoms with van der Waals surface area (Å²) in [5.74, 6) is 0. The maximum absolute atomic E-state index is 2.33. The van der Waals surface area contributed by atoms with Crippen molar-refractivity contribution in [2.75, 3.05) is 4.90 Å². The van der Waals surface area contributed by atoms with E-state index in [4.69, 9.17) is 0 Å². The van der Waals surface area contributed by atoms with Crippen LogP contribution >= 0.6 is 0 Å². The number of benzene rings is 5. The van der Waals surface area contributed by atoms with E-state index in [-0.39, 0.29) is 0 Å². The zero-order valence-corrected chi connectivity index (χ0v) is 18.1. The van der Waals surface area contributed by atoms with Crippen molar-refractivity contribution in [2.24, 2.45) is 0 Å². The first-order chi connectivity index (χ1) is 15.8. The molecule has 0 heterocycles. The van der Waals surface area contributed by atoms with Gasteiger partial charge in [0.05, 0.1) is 5.69 Å². The molecule has 0 fully saturated rings. The van der Waals surface area contributed by atoms with Gasteiger partial charge in [0.2, 0.25) is 0 Å². The fourth-order valence-corrected chi connectivity index (χ4v) is 4.23. The van der Waals surface area contributed by atoms with Gasteiger partial charge in [0.25, 0.3) is 0 Å². The Morgan fingerprint density at radius 3 is 1.62 bits per heavy atom. The Hall–Kier alpha value is -4.10. The van der Waals surface area contributed by atoms with Crippen LogP contribution in [-0.2, 0) is 0 Å². The van der Waals surface area contributed by atoms with Gasteiger partial charge in [-0.05, 0) is 59.3 Å².